The molecular weight excluding hydrogens is 296 g/mol. The number of hydrogen-bond donors (Lipinski definition) is 2. The van der Waals surface area contributed by atoms with Crippen LogP contribution in [0.2, 0.25) is 0 Å². The zero-order chi connectivity index (χ0) is 17.2. The maximum absolute atomic E-state index is 12.1. The van der Waals surface area contributed by atoms with Crippen LogP contribution in [-0.2, 0) is 20.8 Å². The maximum atomic E-state index is 12.1. The molecule has 0 saturated carbocycles. The predicted octanol–water partition coefficient (Wildman–Crippen LogP) is 1.45. The Bertz CT molecular complexity index is 531. The molecule has 0 aliphatic rings. The molecule has 1 rings (SSSR count). The van der Waals surface area contributed by atoms with E-state index in [0.29, 0.717) is 6.42 Å². The number of nitrogens with one attached hydrogen (secondary N) is 1. The lowest BCUT2D eigenvalue weighted by Gasteiger charge is -2.27. The van der Waals surface area contributed by atoms with Gasteiger partial charge in [0.15, 0.2) is 0 Å². The molecule has 0 aliphatic carbocycles. The number of benzene rings is 1. The van der Waals surface area contributed by atoms with Gasteiger partial charge in [0.25, 0.3) is 0 Å². The summed E-state index contributed by atoms with van der Waals surface area (Å²) in [5.41, 5.74) is 0.906. The topological polar surface area (TPSA) is 86.7 Å². The van der Waals surface area contributed by atoms with Gasteiger partial charge in [-0.3, -0.25) is 14.4 Å². The van der Waals surface area contributed by atoms with E-state index in [0.717, 1.165) is 5.56 Å². The fourth-order valence-electron chi connectivity index (χ4n) is 2.15. The summed E-state index contributed by atoms with van der Waals surface area (Å²) in [5, 5.41) is 11.6. The smallest absolute Gasteiger partial charge is 0.323 e. The second-order valence-corrected chi connectivity index (χ2v) is 5.43. The number of carbonyl (C=O) groups excluding carboxylic acids is 2. The number of carboxylic acids is 1. The average molecular weight is 320 g/mol. The molecule has 0 aromatic heterocycles. The molecule has 6 heteroatoms. The van der Waals surface area contributed by atoms with Crippen LogP contribution in [0.15, 0.2) is 30.3 Å². The molecule has 0 saturated heterocycles. The van der Waals surface area contributed by atoms with Crippen LogP contribution in [0.4, 0.5) is 0 Å². The van der Waals surface area contributed by atoms with Gasteiger partial charge in [0.05, 0.1) is 6.42 Å². The number of hydrogen-bond acceptors (Lipinski definition) is 3. The highest BCUT2D eigenvalue weighted by Crippen LogP contribution is 2.06. The molecule has 1 aromatic carbocycles. The number of nitrogens with zero attached hydrogens (tertiary/aromatic N) is 1. The van der Waals surface area contributed by atoms with E-state index in [2.05, 4.69) is 5.32 Å². The second-order valence-electron chi connectivity index (χ2n) is 5.43. The minimum Gasteiger partial charge on any atom is -0.480 e. The van der Waals surface area contributed by atoms with Crippen LogP contribution >= 0.6 is 0 Å². The maximum Gasteiger partial charge on any atom is 0.323 e. The Morgan fingerprint density at radius 1 is 1.22 bits per heavy atom. The van der Waals surface area contributed by atoms with Gasteiger partial charge in [-0.05, 0) is 18.9 Å². The molecule has 0 aliphatic heterocycles. The summed E-state index contributed by atoms with van der Waals surface area (Å²) in [6.07, 6.45) is 1.04. The Balaban J connectivity index is 2.41. The standard InChI is InChI=1S/C17H24N2O4/c1-3-13(2)19(12-17(22)23)16(21)9-10-18-15(20)11-14-7-5-4-6-8-14/h4-8,13H,3,9-12H2,1-2H3,(H,18,20)(H,22,23). The van der Waals surface area contributed by atoms with Gasteiger partial charge in [-0.1, -0.05) is 37.3 Å². The van der Waals surface area contributed by atoms with E-state index in [9.17, 15) is 14.4 Å². The molecular formula is C17H24N2O4. The Hall–Kier alpha value is -2.37. The van der Waals surface area contributed by atoms with Crippen molar-refractivity contribution in [3.05, 3.63) is 35.9 Å². The lowest BCUT2D eigenvalue weighted by Crippen LogP contribution is -2.43. The average Bonchev–Trinajstić information content (AvgIpc) is 2.52. The molecule has 0 fully saturated rings. The first-order chi connectivity index (χ1) is 10.9. The van der Waals surface area contributed by atoms with Crippen molar-refractivity contribution >= 4 is 17.8 Å². The van der Waals surface area contributed by atoms with Gasteiger partial charge < -0.3 is 15.3 Å². The summed E-state index contributed by atoms with van der Waals surface area (Å²) in [4.78, 5) is 36.1. The lowest BCUT2D eigenvalue weighted by atomic mass is 10.1. The third kappa shape index (κ3) is 6.95. The van der Waals surface area contributed by atoms with E-state index < -0.39 is 5.97 Å². The van der Waals surface area contributed by atoms with Crippen molar-refractivity contribution in [1.29, 1.82) is 0 Å². The van der Waals surface area contributed by atoms with Crippen molar-refractivity contribution < 1.29 is 19.5 Å². The van der Waals surface area contributed by atoms with Crippen LogP contribution < -0.4 is 5.32 Å². The summed E-state index contributed by atoms with van der Waals surface area (Å²) in [6, 6.07) is 9.19. The van der Waals surface area contributed by atoms with Gasteiger partial charge in [-0.15, -0.1) is 0 Å². The van der Waals surface area contributed by atoms with E-state index in [-0.39, 0.29) is 43.8 Å². The highest BCUT2D eigenvalue weighted by Gasteiger charge is 2.21. The number of carbonyl (C=O) groups is 3. The van der Waals surface area contributed by atoms with Gasteiger partial charge in [0.1, 0.15) is 6.54 Å². The molecule has 6 nitrogen and oxygen atoms in total. The largest absolute Gasteiger partial charge is 0.480 e. The van der Waals surface area contributed by atoms with E-state index in [1.807, 2.05) is 44.2 Å². The number of aliphatic carboxylic acids is 1. The molecule has 23 heavy (non-hydrogen) atoms. The first-order valence-corrected chi connectivity index (χ1v) is 7.76. The molecule has 2 N–H and O–H groups in total. The van der Waals surface area contributed by atoms with E-state index in [1.54, 1.807) is 0 Å². The molecule has 1 atom stereocenters. The van der Waals surface area contributed by atoms with Gasteiger partial charge in [-0.2, -0.15) is 0 Å². The van der Waals surface area contributed by atoms with E-state index >= 15 is 0 Å². The van der Waals surface area contributed by atoms with E-state index in [1.165, 1.54) is 4.90 Å². The summed E-state index contributed by atoms with van der Waals surface area (Å²) >= 11 is 0. The summed E-state index contributed by atoms with van der Waals surface area (Å²) < 4.78 is 0. The van der Waals surface area contributed by atoms with Crippen molar-refractivity contribution in [2.45, 2.75) is 39.2 Å². The predicted molar refractivity (Wildman–Crippen MR) is 86.9 cm³/mol. The highest BCUT2D eigenvalue weighted by molar-refractivity contribution is 5.83. The number of carboxylic acid groups (broad SMARTS) is 1. The van der Waals surface area contributed by atoms with Crippen LogP contribution in [-0.4, -0.2) is 46.9 Å². The number of amides is 2. The van der Waals surface area contributed by atoms with Crippen molar-refractivity contribution in [2.24, 2.45) is 0 Å². The van der Waals surface area contributed by atoms with Crippen LogP contribution in [0.1, 0.15) is 32.3 Å². The minimum absolute atomic E-state index is 0.0954. The molecule has 0 radical (unpaired) electrons. The normalized spacial score (nSPS) is 11.6. The summed E-state index contributed by atoms with van der Waals surface area (Å²) in [7, 11) is 0. The van der Waals surface area contributed by atoms with Gasteiger partial charge in [-0.25, -0.2) is 0 Å². The van der Waals surface area contributed by atoms with Gasteiger partial charge in [0.2, 0.25) is 11.8 Å². The first kappa shape index (κ1) is 18.7. The van der Waals surface area contributed by atoms with Crippen molar-refractivity contribution in [1.82, 2.24) is 10.2 Å². The molecule has 1 unspecified atom stereocenters. The van der Waals surface area contributed by atoms with Gasteiger partial charge in [0, 0.05) is 19.0 Å². The number of rotatable bonds is 9. The molecule has 0 spiro atoms. The van der Waals surface area contributed by atoms with Crippen molar-refractivity contribution in [2.75, 3.05) is 13.1 Å². The van der Waals surface area contributed by atoms with Gasteiger partial charge >= 0.3 is 5.97 Å². The fourth-order valence-corrected chi connectivity index (χ4v) is 2.15. The Labute approximate surface area is 136 Å². The molecule has 0 heterocycles. The van der Waals surface area contributed by atoms with Crippen LogP contribution in [0.25, 0.3) is 0 Å². The van der Waals surface area contributed by atoms with Crippen LogP contribution in [0.5, 0.6) is 0 Å². The Morgan fingerprint density at radius 2 is 1.87 bits per heavy atom. The molecule has 126 valence electrons. The second kappa shape index (κ2) is 9.61. The highest BCUT2D eigenvalue weighted by atomic mass is 16.4. The summed E-state index contributed by atoms with van der Waals surface area (Å²) in [6.45, 7) is 3.60. The zero-order valence-electron chi connectivity index (χ0n) is 13.6. The fraction of sp³-hybridized carbons (Fsp3) is 0.471. The minimum atomic E-state index is -1.04. The Morgan fingerprint density at radius 3 is 2.43 bits per heavy atom. The lowest BCUT2D eigenvalue weighted by molar-refractivity contribution is -0.146. The SMILES string of the molecule is CCC(C)N(CC(=O)O)C(=O)CCNC(=O)Cc1ccccc1. The Kier molecular flexibility index (Phi) is 7.80. The third-order valence-corrected chi connectivity index (χ3v) is 3.62. The van der Waals surface area contributed by atoms with Crippen LogP contribution in [0, 0.1) is 0 Å². The quantitative estimate of drug-likeness (QED) is 0.721. The van der Waals surface area contributed by atoms with Crippen molar-refractivity contribution in [3.63, 3.8) is 0 Å². The zero-order valence-corrected chi connectivity index (χ0v) is 13.6. The first-order valence-electron chi connectivity index (χ1n) is 7.76. The van der Waals surface area contributed by atoms with Crippen LogP contribution in [0.3, 0.4) is 0 Å². The molecule has 2 amide bonds. The molecule has 1 aromatic rings. The molecule has 0 bridgehead atoms. The third-order valence-electron chi connectivity index (χ3n) is 3.62. The summed E-state index contributed by atoms with van der Waals surface area (Å²) in [5.74, 6) is -1.45. The van der Waals surface area contributed by atoms with Crippen molar-refractivity contribution in [3.8, 4) is 0 Å². The van der Waals surface area contributed by atoms with E-state index in [4.69, 9.17) is 5.11 Å². The monoisotopic (exact) mass is 320 g/mol.